The zero-order valence-electron chi connectivity index (χ0n) is 12.6. The van der Waals surface area contributed by atoms with E-state index in [4.69, 9.17) is 0 Å². The molecule has 0 unspecified atom stereocenters. The smallest absolute Gasteiger partial charge is 0.260 e. The third-order valence-electron chi connectivity index (χ3n) is 3.17. The predicted octanol–water partition coefficient (Wildman–Crippen LogP) is 2.73. The van der Waals surface area contributed by atoms with E-state index >= 15 is 0 Å². The molecule has 0 aliphatic heterocycles. The minimum Gasteiger partial charge on any atom is -0.345 e. The summed E-state index contributed by atoms with van der Waals surface area (Å²) >= 11 is 1.51. The van der Waals surface area contributed by atoms with Crippen molar-refractivity contribution in [1.29, 1.82) is 0 Å². The molecule has 5 heteroatoms. The van der Waals surface area contributed by atoms with Gasteiger partial charge in [-0.2, -0.15) is 0 Å². The van der Waals surface area contributed by atoms with E-state index in [-0.39, 0.29) is 11.5 Å². The van der Waals surface area contributed by atoms with Gasteiger partial charge in [-0.1, -0.05) is 13.8 Å². The van der Waals surface area contributed by atoms with Crippen molar-refractivity contribution in [2.24, 2.45) is 5.92 Å². The molecule has 0 aromatic carbocycles. The van der Waals surface area contributed by atoms with Crippen LogP contribution in [-0.2, 0) is 6.54 Å². The lowest BCUT2D eigenvalue weighted by Crippen LogP contribution is -2.26. The summed E-state index contributed by atoms with van der Waals surface area (Å²) in [6, 6.07) is 1.93. The van der Waals surface area contributed by atoms with Crippen LogP contribution >= 0.6 is 11.3 Å². The van der Waals surface area contributed by atoms with E-state index < -0.39 is 0 Å². The quantitative estimate of drug-likeness (QED) is 0.873. The SMILES string of the molecule is Cc1sc2ccn(CC(C)C)c(=O)c2c1C(=O)N(C)C. The monoisotopic (exact) mass is 292 g/mol. The van der Waals surface area contributed by atoms with Crippen molar-refractivity contribution in [3.05, 3.63) is 33.1 Å². The van der Waals surface area contributed by atoms with E-state index in [2.05, 4.69) is 13.8 Å². The Morgan fingerprint density at radius 2 is 2.05 bits per heavy atom. The lowest BCUT2D eigenvalue weighted by Gasteiger charge is -2.11. The van der Waals surface area contributed by atoms with Gasteiger partial charge in [0, 0.05) is 36.4 Å². The van der Waals surface area contributed by atoms with Crippen LogP contribution in [0.25, 0.3) is 10.1 Å². The zero-order valence-corrected chi connectivity index (χ0v) is 13.4. The number of thiophene rings is 1. The van der Waals surface area contributed by atoms with Crippen molar-refractivity contribution >= 4 is 27.3 Å². The molecule has 1 amide bonds. The van der Waals surface area contributed by atoms with Crippen LogP contribution in [-0.4, -0.2) is 29.5 Å². The first-order valence-corrected chi connectivity index (χ1v) is 7.48. The molecule has 0 N–H and O–H groups in total. The maximum absolute atomic E-state index is 12.6. The number of hydrogen-bond acceptors (Lipinski definition) is 3. The summed E-state index contributed by atoms with van der Waals surface area (Å²) in [6.07, 6.45) is 1.82. The second kappa shape index (κ2) is 5.40. The average Bonchev–Trinajstić information content (AvgIpc) is 2.68. The standard InChI is InChI=1S/C15H20N2O2S/c1-9(2)8-17-7-6-11-13(15(17)19)12(10(3)20-11)14(18)16(4)5/h6-7,9H,8H2,1-5H3. The number of aromatic nitrogens is 1. The van der Waals surface area contributed by atoms with Gasteiger partial charge in [-0.05, 0) is 18.9 Å². The van der Waals surface area contributed by atoms with Gasteiger partial charge >= 0.3 is 0 Å². The minimum absolute atomic E-state index is 0.0641. The Morgan fingerprint density at radius 3 is 2.60 bits per heavy atom. The lowest BCUT2D eigenvalue weighted by atomic mass is 10.1. The highest BCUT2D eigenvalue weighted by Gasteiger charge is 2.21. The molecular weight excluding hydrogens is 272 g/mol. The molecule has 2 aromatic heterocycles. The van der Waals surface area contributed by atoms with E-state index in [0.717, 1.165) is 9.58 Å². The van der Waals surface area contributed by atoms with Gasteiger partial charge in [-0.25, -0.2) is 0 Å². The molecule has 0 bridgehead atoms. The van der Waals surface area contributed by atoms with Gasteiger partial charge in [0.2, 0.25) is 0 Å². The third kappa shape index (κ3) is 2.50. The number of carbonyl (C=O) groups excluding carboxylic acids is 1. The summed E-state index contributed by atoms with van der Waals surface area (Å²) in [5.41, 5.74) is 0.490. The number of carbonyl (C=O) groups is 1. The molecule has 0 radical (unpaired) electrons. The van der Waals surface area contributed by atoms with Gasteiger partial charge in [0.15, 0.2) is 0 Å². The van der Waals surface area contributed by atoms with Gasteiger partial charge in [0.25, 0.3) is 11.5 Å². The lowest BCUT2D eigenvalue weighted by molar-refractivity contribution is 0.0829. The normalized spacial score (nSPS) is 11.3. The summed E-state index contributed by atoms with van der Waals surface area (Å²) in [5, 5.41) is 0.564. The van der Waals surface area contributed by atoms with E-state index in [1.54, 1.807) is 18.7 Å². The molecule has 2 heterocycles. The second-order valence-electron chi connectivity index (χ2n) is 5.64. The molecule has 2 aromatic rings. The molecule has 2 rings (SSSR count). The predicted molar refractivity (Wildman–Crippen MR) is 83.7 cm³/mol. The summed E-state index contributed by atoms with van der Waals surface area (Å²) in [5.74, 6) is 0.283. The van der Waals surface area contributed by atoms with Crippen LogP contribution in [0.15, 0.2) is 17.1 Å². The van der Waals surface area contributed by atoms with E-state index in [1.807, 2.05) is 19.2 Å². The molecule has 0 aliphatic rings. The highest BCUT2D eigenvalue weighted by atomic mass is 32.1. The first kappa shape index (κ1) is 14.8. The van der Waals surface area contributed by atoms with Crippen LogP contribution in [0.4, 0.5) is 0 Å². The molecule has 4 nitrogen and oxygen atoms in total. The number of rotatable bonds is 3. The Kier molecular flexibility index (Phi) is 3.99. The fraction of sp³-hybridized carbons (Fsp3) is 0.467. The Morgan fingerprint density at radius 1 is 1.40 bits per heavy atom. The zero-order chi connectivity index (χ0) is 15.0. The Hall–Kier alpha value is -1.62. The summed E-state index contributed by atoms with van der Waals surface area (Å²) in [6.45, 7) is 6.70. The Balaban J connectivity index is 2.72. The molecule has 0 fully saturated rings. The molecule has 0 saturated heterocycles. The van der Waals surface area contributed by atoms with E-state index in [9.17, 15) is 9.59 Å². The second-order valence-corrected chi connectivity index (χ2v) is 6.90. The maximum atomic E-state index is 12.6. The van der Waals surface area contributed by atoms with Crippen molar-refractivity contribution in [2.45, 2.75) is 27.3 Å². The van der Waals surface area contributed by atoms with Crippen LogP contribution in [0, 0.1) is 12.8 Å². The summed E-state index contributed by atoms with van der Waals surface area (Å²) in [7, 11) is 3.42. The highest BCUT2D eigenvalue weighted by Crippen LogP contribution is 2.29. The number of nitrogens with zero attached hydrogens (tertiary/aromatic N) is 2. The number of pyridine rings is 1. The van der Waals surface area contributed by atoms with Crippen LogP contribution in [0.5, 0.6) is 0 Å². The number of hydrogen-bond donors (Lipinski definition) is 0. The van der Waals surface area contributed by atoms with Crippen LogP contribution in [0.3, 0.4) is 0 Å². The van der Waals surface area contributed by atoms with Crippen molar-refractivity contribution in [3.63, 3.8) is 0 Å². The largest absolute Gasteiger partial charge is 0.345 e. The third-order valence-corrected chi connectivity index (χ3v) is 4.24. The number of fused-ring (bicyclic) bond motifs is 1. The number of amides is 1. The fourth-order valence-electron chi connectivity index (χ4n) is 2.28. The summed E-state index contributed by atoms with van der Waals surface area (Å²) < 4.78 is 2.59. The first-order chi connectivity index (χ1) is 9.32. The Bertz CT molecular complexity index is 710. The van der Waals surface area contributed by atoms with Crippen molar-refractivity contribution < 1.29 is 4.79 Å². The fourth-order valence-corrected chi connectivity index (χ4v) is 3.32. The topological polar surface area (TPSA) is 42.3 Å². The van der Waals surface area contributed by atoms with Crippen molar-refractivity contribution in [2.75, 3.05) is 14.1 Å². The van der Waals surface area contributed by atoms with Gasteiger partial charge in [-0.15, -0.1) is 11.3 Å². The van der Waals surface area contributed by atoms with Gasteiger partial charge in [-0.3, -0.25) is 9.59 Å². The van der Waals surface area contributed by atoms with E-state index in [0.29, 0.717) is 23.4 Å². The molecular formula is C15H20N2O2S. The first-order valence-electron chi connectivity index (χ1n) is 6.67. The summed E-state index contributed by atoms with van der Waals surface area (Å²) in [4.78, 5) is 27.4. The molecule has 0 spiro atoms. The maximum Gasteiger partial charge on any atom is 0.260 e. The molecule has 108 valence electrons. The van der Waals surface area contributed by atoms with Gasteiger partial charge in [0.1, 0.15) is 0 Å². The van der Waals surface area contributed by atoms with Crippen LogP contribution < -0.4 is 5.56 Å². The number of aryl methyl sites for hydroxylation is 1. The van der Waals surface area contributed by atoms with Crippen LogP contribution in [0.2, 0.25) is 0 Å². The highest BCUT2D eigenvalue weighted by molar-refractivity contribution is 7.19. The van der Waals surface area contributed by atoms with E-state index in [1.165, 1.54) is 16.2 Å². The molecule has 20 heavy (non-hydrogen) atoms. The minimum atomic E-state index is -0.104. The molecule has 0 atom stereocenters. The van der Waals surface area contributed by atoms with Crippen LogP contribution in [0.1, 0.15) is 29.1 Å². The van der Waals surface area contributed by atoms with Gasteiger partial charge in [0.05, 0.1) is 10.9 Å². The van der Waals surface area contributed by atoms with Gasteiger partial charge < -0.3 is 9.47 Å². The molecule has 0 saturated carbocycles. The van der Waals surface area contributed by atoms with Crippen molar-refractivity contribution in [1.82, 2.24) is 9.47 Å². The van der Waals surface area contributed by atoms with Crippen molar-refractivity contribution in [3.8, 4) is 0 Å². The Labute approximate surface area is 122 Å². The molecule has 0 aliphatic carbocycles. The average molecular weight is 292 g/mol.